The summed E-state index contributed by atoms with van der Waals surface area (Å²) < 4.78 is 0. The van der Waals surface area contributed by atoms with Gasteiger partial charge < -0.3 is 10.6 Å². The quantitative estimate of drug-likeness (QED) is 0.567. The van der Waals surface area contributed by atoms with Gasteiger partial charge in [0.2, 0.25) is 22.1 Å². The average Bonchev–Trinajstić information content (AvgIpc) is 3.44. The molecule has 0 spiro atoms. The van der Waals surface area contributed by atoms with Gasteiger partial charge in [-0.15, -0.1) is 20.4 Å². The van der Waals surface area contributed by atoms with E-state index in [0.29, 0.717) is 27.9 Å². The van der Waals surface area contributed by atoms with Crippen molar-refractivity contribution in [2.24, 2.45) is 5.92 Å². The summed E-state index contributed by atoms with van der Waals surface area (Å²) in [7, 11) is 0. The van der Waals surface area contributed by atoms with Crippen molar-refractivity contribution < 1.29 is 9.59 Å². The summed E-state index contributed by atoms with van der Waals surface area (Å²) in [5.41, 5.74) is 0. The fourth-order valence-corrected chi connectivity index (χ4v) is 5.25. The second kappa shape index (κ2) is 9.30. The zero-order valence-corrected chi connectivity index (χ0v) is 17.9. The molecule has 3 heterocycles. The van der Waals surface area contributed by atoms with Crippen molar-refractivity contribution in [1.29, 1.82) is 0 Å². The van der Waals surface area contributed by atoms with Gasteiger partial charge in [0.25, 0.3) is 0 Å². The molecule has 2 unspecified atom stereocenters. The van der Waals surface area contributed by atoms with E-state index < -0.39 is 0 Å². The van der Waals surface area contributed by atoms with Crippen molar-refractivity contribution in [2.45, 2.75) is 44.9 Å². The molecule has 1 aliphatic rings. The molecular formula is C18H20N8O2S2. The van der Waals surface area contributed by atoms with Gasteiger partial charge in [0.15, 0.2) is 0 Å². The van der Waals surface area contributed by atoms with Crippen LogP contribution in [0.4, 0.5) is 10.3 Å². The Morgan fingerprint density at radius 1 is 1.03 bits per heavy atom. The maximum Gasteiger partial charge on any atom is 0.233 e. The van der Waals surface area contributed by atoms with E-state index in [1.54, 1.807) is 18.5 Å². The van der Waals surface area contributed by atoms with Crippen LogP contribution in [0.25, 0.3) is 0 Å². The van der Waals surface area contributed by atoms with Crippen molar-refractivity contribution >= 4 is 44.8 Å². The van der Waals surface area contributed by atoms with Crippen LogP contribution in [-0.4, -0.2) is 42.2 Å². The summed E-state index contributed by atoms with van der Waals surface area (Å²) in [5.74, 6) is 0.953. The molecule has 12 heteroatoms. The van der Waals surface area contributed by atoms with Gasteiger partial charge in [-0.2, -0.15) is 0 Å². The minimum Gasteiger partial charge on any atom is -0.301 e. The zero-order valence-electron chi connectivity index (χ0n) is 16.2. The van der Waals surface area contributed by atoms with Crippen LogP contribution in [0.1, 0.15) is 47.9 Å². The molecule has 1 aliphatic carbocycles. The molecular weight excluding hydrogens is 424 g/mol. The number of amides is 2. The van der Waals surface area contributed by atoms with E-state index in [4.69, 9.17) is 0 Å². The van der Waals surface area contributed by atoms with E-state index in [0.717, 1.165) is 35.7 Å². The summed E-state index contributed by atoms with van der Waals surface area (Å²) in [6.07, 6.45) is 7.25. The molecule has 2 amide bonds. The lowest BCUT2D eigenvalue weighted by molar-refractivity contribution is -0.116. The van der Waals surface area contributed by atoms with Crippen LogP contribution in [0.15, 0.2) is 18.5 Å². The van der Waals surface area contributed by atoms with Crippen LogP contribution in [-0.2, 0) is 22.4 Å². The van der Waals surface area contributed by atoms with E-state index in [9.17, 15) is 9.59 Å². The molecule has 1 fully saturated rings. The second-order valence-electron chi connectivity index (χ2n) is 7.10. The van der Waals surface area contributed by atoms with E-state index in [1.165, 1.54) is 29.6 Å². The second-order valence-corrected chi connectivity index (χ2v) is 9.17. The number of aromatic nitrogens is 6. The normalized spacial score (nSPS) is 18.3. The molecule has 0 radical (unpaired) electrons. The molecule has 0 aromatic carbocycles. The Hall–Kier alpha value is -2.86. The van der Waals surface area contributed by atoms with Gasteiger partial charge >= 0.3 is 0 Å². The Kier molecular flexibility index (Phi) is 6.33. The summed E-state index contributed by atoms with van der Waals surface area (Å²) in [5, 5.41) is 24.9. The molecule has 2 N–H and O–H groups in total. The largest absolute Gasteiger partial charge is 0.301 e. The molecule has 0 saturated heterocycles. The van der Waals surface area contributed by atoms with E-state index in [-0.39, 0.29) is 18.2 Å². The molecule has 30 heavy (non-hydrogen) atoms. The molecule has 3 aromatic heterocycles. The van der Waals surface area contributed by atoms with E-state index in [1.807, 2.05) is 0 Å². The molecule has 4 rings (SSSR count). The van der Waals surface area contributed by atoms with Gasteiger partial charge in [0.05, 0.1) is 6.42 Å². The first-order valence-corrected chi connectivity index (χ1v) is 11.2. The molecule has 0 bridgehead atoms. The topological polar surface area (TPSA) is 136 Å². The van der Waals surface area contributed by atoms with Crippen LogP contribution in [0.3, 0.4) is 0 Å². The Bertz CT molecular complexity index is 1020. The molecule has 156 valence electrons. The van der Waals surface area contributed by atoms with Gasteiger partial charge in [0.1, 0.15) is 15.8 Å². The first-order chi connectivity index (χ1) is 14.5. The minimum atomic E-state index is -0.212. The third kappa shape index (κ3) is 5.39. The number of carbonyl (C=O) groups is 2. The maximum absolute atomic E-state index is 12.1. The van der Waals surface area contributed by atoms with Gasteiger partial charge in [-0.05, 0) is 31.2 Å². The summed E-state index contributed by atoms with van der Waals surface area (Å²) in [6.45, 7) is 1.46. The third-order valence-electron chi connectivity index (χ3n) is 4.73. The molecule has 3 aromatic rings. The number of anilines is 2. The van der Waals surface area contributed by atoms with Crippen molar-refractivity contribution in [3.63, 3.8) is 0 Å². The average molecular weight is 445 g/mol. The number of hydrogen-bond acceptors (Lipinski definition) is 10. The number of nitrogens with one attached hydrogen (secondary N) is 2. The molecule has 2 atom stereocenters. The predicted octanol–water partition coefficient (Wildman–Crippen LogP) is 2.45. The van der Waals surface area contributed by atoms with E-state index >= 15 is 0 Å². The summed E-state index contributed by atoms with van der Waals surface area (Å²) in [4.78, 5) is 31.4. The molecule has 1 saturated carbocycles. The minimum absolute atomic E-state index is 0.0996. The Balaban J connectivity index is 1.27. The SMILES string of the molecule is CC(=O)Nc1nnc(C2CCC(Cc3nnc(NC(=O)Cc4ncccn4)s3)C2)s1. The number of carbonyl (C=O) groups excluding carboxylic acids is 2. The lowest BCUT2D eigenvalue weighted by atomic mass is 10.0. The first kappa shape index (κ1) is 20.4. The van der Waals surface area contributed by atoms with Crippen molar-refractivity contribution in [2.75, 3.05) is 10.6 Å². The Labute approximate surface area is 180 Å². The van der Waals surface area contributed by atoms with Crippen LogP contribution in [0.5, 0.6) is 0 Å². The highest BCUT2D eigenvalue weighted by atomic mass is 32.1. The predicted molar refractivity (Wildman–Crippen MR) is 112 cm³/mol. The van der Waals surface area contributed by atoms with Gasteiger partial charge in [0, 0.05) is 31.7 Å². The van der Waals surface area contributed by atoms with Crippen molar-refractivity contribution in [1.82, 2.24) is 30.4 Å². The maximum atomic E-state index is 12.1. The zero-order chi connectivity index (χ0) is 20.9. The fourth-order valence-electron chi connectivity index (χ4n) is 3.45. The van der Waals surface area contributed by atoms with Crippen LogP contribution in [0.2, 0.25) is 0 Å². The molecule has 10 nitrogen and oxygen atoms in total. The van der Waals surface area contributed by atoms with Crippen LogP contribution < -0.4 is 10.6 Å². The first-order valence-electron chi connectivity index (χ1n) is 9.54. The van der Waals surface area contributed by atoms with Crippen molar-refractivity contribution in [3.8, 4) is 0 Å². The van der Waals surface area contributed by atoms with Gasteiger partial charge in [-0.3, -0.25) is 9.59 Å². The molecule has 0 aliphatic heterocycles. The summed E-state index contributed by atoms with van der Waals surface area (Å²) in [6, 6.07) is 1.71. The monoisotopic (exact) mass is 444 g/mol. The third-order valence-corrected chi connectivity index (χ3v) is 6.59. The highest BCUT2D eigenvalue weighted by Crippen LogP contribution is 2.41. The van der Waals surface area contributed by atoms with Gasteiger partial charge in [-0.25, -0.2) is 9.97 Å². The Morgan fingerprint density at radius 2 is 1.80 bits per heavy atom. The van der Waals surface area contributed by atoms with Crippen LogP contribution in [0, 0.1) is 5.92 Å². The smallest absolute Gasteiger partial charge is 0.233 e. The Morgan fingerprint density at radius 3 is 2.60 bits per heavy atom. The number of hydrogen-bond donors (Lipinski definition) is 2. The fraction of sp³-hybridized carbons (Fsp3) is 0.444. The standard InChI is InChI=1S/C18H20N8O2S2/c1-10(27)21-17-26-24-16(30-17)12-4-3-11(7-12)8-15-23-25-18(29-15)22-14(28)9-13-19-5-2-6-20-13/h2,5-6,11-12H,3-4,7-9H2,1H3,(H,21,26,27)(H,22,25,28). The van der Waals surface area contributed by atoms with E-state index in [2.05, 4.69) is 41.0 Å². The lowest BCUT2D eigenvalue weighted by Crippen LogP contribution is -2.15. The van der Waals surface area contributed by atoms with Crippen molar-refractivity contribution in [3.05, 3.63) is 34.3 Å². The van der Waals surface area contributed by atoms with Gasteiger partial charge in [-0.1, -0.05) is 22.7 Å². The van der Waals surface area contributed by atoms with Crippen LogP contribution >= 0.6 is 22.7 Å². The summed E-state index contributed by atoms with van der Waals surface area (Å²) >= 11 is 2.84. The lowest BCUT2D eigenvalue weighted by Gasteiger charge is -2.06. The number of nitrogens with zero attached hydrogens (tertiary/aromatic N) is 6. The number of rotatable bonds is 7. The highest BCUT2D eigenvalue weighted by Gasteiger charge is 2.29. The highest BCUT2D eigenvalue weighted by molar-refractivity contribution is 7.15.